The Labute approximate surface area is 131 Å². The first-order chi connectivity index (χ1) is 10.7. The summed E-state index contributed by atoms with van der Waals surface area (Å²) in [5, 5.41) is 8.74. The molecule has 0 fully saturated rings. The lowest BCUT2D eigenvalue weighted by Gasteiger charge is -2.05. The molecule has 112 valence electrons. The summed E-state index contributed by atoms with van der Waals surface area (Å²) in [7, 11) is 0. The number of aromatic nitrogens is 1. The van der Waals surface area contributed by atoms with Crippen molar-refractivity contribution in [1.29, 1.82) is 0 Å². The van der Waals surface area contributed by atoms with Gasteiger partial charge in [-0.1, -0.05) is 35.5 Å². The first-order valence-corrected chi connectivity index (χ1v) is 7.66. The van der Waals surface area contributed by atoms with Gasteiger partial charge in [0.2, 0.25) is 5.88 Å². The second-order valence-corrected chi connectivity index (χ2v) is 5.79. The molecular weight excluding hydrogens is 298 g/mol. The topological polar surface area (TPSA) is 81.2 Å². The van der Waals surface area contributed by atoms with Gasteiger partial charge in [0, 0.05) is 6.54 Å². The Morgan fingerprint density at radius 2 is 2.09 bits per heavy atom. The zero-order valence-electron chi connectivity index (χ0n) is 12.0. The fourth-order valence-electron chi connectivity index (χ4n) is 2.16. The summed E-state index contributed by atoms with van der Waals surface area (Å²) in [5.74, 6) is -0.251. The van der Waals surface area contributed by atoms with E-state index in [1.807, 2.05) is 48.7 Å². The molecule has 1 aromatic carbocycles. The van der Waals surface area contributed by atoms with Crippen LogP contribution in [0.5, 0.6) is 0 Å². The van der Waals surface area contributed by atoms with Crippen LogP contribution in [0.15, 0.2) is 46.3 Å². The molecule has 0 unspecified atom stereocenters. The van der Waals surface area contributed by atoms with Crippen molar-refractivity contribution in [2.24, 2.45) is 0 Å². The van der Waals surface area contributed by atoms with Gasteiger partial charge in [0.15, 0.2) is 0 Å². The molecule has 0 atom stereocenters. The Morgan fingerprint density at radius 1 is 1.32 bits per heavy atom. The first kappa shape index (κ1) is 14.3. The SMILES string of the molecule is Cc1ccsc1-c1noc(N)c1C(=O)NCc1ccccc1. The van der Waals surface area contributed by atoms with Gasteiger partial charge in [-0.2, -0.15) is 0 Å². The Morgan fingerprint density at radius 3 is 2.77 bits per heavy atom. The predicted octanol–water partition coefficient (Wildman–Crippen LogP) is 3.22. The molecule has 0 saturated heterocycles. The van der Waals surface area contributed by atoms with Crippen LogP contribution in [-0.4, -0.2) is 11.1 Å². The maximum atomic E-state index is 12.4. The van der Waals surface area contributed by atoms with Gasteiger partial charge >= 0.3 is 0 Å². The molecule has 5 nitrogen and oxygen atoms in total. The third kappa shape index (κ3) is 2.73. The second-order valence-electron chi connectivity index (χ2n) is 4.87. The number of benzene rings is 1. The molecule has 0 aliphatic carbocycles. The van der Waals surface area contributed by atoms with Gasteiger partial charge in [-0.25, -0.2) is 0 Å². The third-order valence-corrected chi connectivity index (χ3v) is 4.34. The standard InChI is InChI=1S/C16H15N3O2S/c1-10-7-8-22-14(10)13-12(15(17)21-19-13)16(20)18-9-11-5-3-2-4-6-11/h2-8H,9,17H2,1H3,(H,18,20). The summed E-state index contributed by atoms with van der Waals surface area (Å²) in [6, 6.07) is 11.6. The Balaban J connectivity index is 1.84. The maximum Gasteiger partial charge on any atom is 0.259 e. The van der Waals surface area contributed by atoms with Crippen LogP contribution in [0.2, 0.25) is 0 Å². The Hall–Kier alpha value is -2.60. The van der Waals surface area contributed by atoms with Gasteiger partial charge in [0.1, 0.15) is 11.3 Å². The lowest BCUT2D eigenvalue weighted by molar-refractivity contribution is 0.0952. The van der Waals surface area contributed by atoms with E-state index >= 15 is 0 Å². The van der Waals surface area contributed by atoms with Gasteiger partial charge in [-0.15, -0.1) is 11.3 Å². The molecule has 3 rings (SSSR count). The van der Waals surface area contributed by atoms with Crippen LogP contribution in [0.1, 0.15) is 21.5 Å². The number of hydrogen-bond acceptors (Lipinski definition) is 5. The zero-order valence-corrected chi connectivity index (χ0v) is 12.8. The van der Waals surface area contributed by atoms with Crippen molar-refractivity contribution < 1.29 is 9.32 Å². The molecule has 0 bridgehead atoms. The number of nitrogens with two attached hydrogens (primary N) is 1. The summed E-state index contributed by atoms with van der Waals surface area (Å²) >= 11 is 1.50. The minimum atomic E-state index is -0.287. The fraction of sp³-hybridized carbons (Fsp3) is 0.125. The molecule has 6 heteroatoms. The van der Waals surface area contributed by atoms with E-state index in [9.17, 15) is 4.79 Å². The number of nitrogens with zero attached hydrogens (tertiary/aromatic N) is 1. The Kier molecular flexibility index (Phi) is 3.93. The minimum Gasteiger partial charge on any atom is -0.367 e. The zero-order chi connectivity index (χ0) is 15.5. The van der Waals surface area contributed by atoms with Crippen LogP contribution in [0, 0.1) is 6.92 Å². The first-order valence-electron chi connectivity index (χ1n) is 6.78. The summed E-state index contributed by atoms with van der Waals surface area (Å²) in [6.07, 6.45) is 0. The highest BCUT2D eigenvalue weighted by molar-refractivity contribution is 7.13. The van der Waals surface area contributed by atoms with Crippen molar-refractivity contribution in [2.45, 2.75) is 13.5 Å². The summed E-state index contributed by atoms with van der Waals surface area (Å²) in [6.45, 7) is 2.38. The maximum absolute atomic E-state index is 12.4. The van der Waals surface area contributed by atoms with E-state index in [2.05, 4.69) is 10.5 Å². The number of nitrogen functional groups attached to an aromatic ring is 1. The number of carbonyl (C=O) groups excluding carboxylic acids is 1. The van der Waals surface area contributed by atoms with Crippen LogP contribution < -0.4 is 11.1 Å². The van der Waals surface area contributed by atoms with Crippen molar-refractivity contribution in [1.82, 2.24) is 10.5 Å². The Bertz CT molecular complexity index is 793. The smallest absolute Gasteiger partial charge is 0.259 e. The number of hydrogen-bond donors (Lipinski definition) is 2. The van der Waals surface area contributed by atoms with E-state index in [1.165, 1.54) is 11.3 Å². The van der Waals surface area contributed by atoms with E-state index in [1.54, 1.807) is 0 Å². The van der Waals surface area contributed by atoms with Gasteiger partial charge in [-0.3, -0.25) is 4.79 Å². The lowest BCUT2D eigenvalue weighted by atomic mass is 10.1. The van der Waals surface area contributed by atoms with E-state index in [0.717, 1.165) is 16.0 Å². The van der Waals surface area contributed by atoms with Crippen molar-refractivity contribution >= 4 is 23.1 Å². The van der Waals surface area contributed by atoms with E-state index in [4.69, 9.17) is 10.3 Å². The van der Waals surface area contributed by atoms with E-state index in [0.29, 0.717) is 17.8 Å². The predicted molar refractivity (Wildman–Crippen MR) is 86.6 cm³/mol. The molecule has 3 N–H and O–H groups in total. The van der Waals surface area contributed by atoms with Crippen molar-refractivity contribution in [3.63, 3.8) is 0 Å². The summed E-state index contributed by atoms with van der Waals surface area (Å²) in [5.41, 5.74) is 8.62. The molecule has 0 saturated carbocycles. The van der Waals surface area contributed by atoms with Gasteiger partial charge < -0.3 is 15.6 Å². The minimum absolute atomic E-state index is 0.0355. The number of carbonyl (C=O) groups is 1. The normalized spacial score (nSPS) is 10.6. The third-order valence-electron chi connectivity index (χ3n) is 3.32. The van der Waals surface area contributed by atoms with Crippen molar-refractivity contribution in [3.8, 4) is 10.6 Å². The summed E-state index contributed by atoms with van der Waals surface area (Å²) in [4.78, 5) is 13.3. The average molecular weight is 313 g/mol. The number of anilines is 1. The monoisotopic (exact) mass is 313 g/mol. The molecule has 0 aliphatic heterocycles. The second kappa shape index (κ2) is 6.03. The molecule has 22 heavy (non-hydrogen) atoms. The molecule has 0 aliphatic rings. The molecule has 3 aromatic rings. The van der Waals surface area contributed by atoms with Gasteiger partial charge in [-0.05, 0) is 29.5 Å². The molecule has 1 amide bonds. The van der Waals surface area contributed by atoms with Crippen molar-refractivity contribution in [2.75, 3.05) is 5.73 Å². The van der Waals surface area contributed by atoms with Crippen molar-refractivity contribution in [3.05, 3.63) is 58.5 Å². The lowest BCUT2D eigenvalue weighted by Crippen LogP contribution is -2.23. The van der Waals surface area contributed by atoms with Crippen LogP contribution in [-0.2, 0) is 6.54 Å². The highest BCUT2D eigenvalue weighted by atomic mass is 32.1. The van der Waals surface area contributed by atoms with Crippen LogP contribution in [0.4, 0.5) is 5.88 Å². The quantitative estimate of drug-likeness (QED) is 0.775. The number of amides is 1. The molecule has 0 radical (unpaired) electrons. The van der Waals surface area contributed by atoms with Crippen LogP contribution in [0.3, 0.4) is 0 Å². The largest absolute Gasteiger partial charge is 0.367 e. The number of thiophene rings is 1. The number of rotatable bonds is 4. The number of aryl methyl sites for hydroxylation is 1. The molecule has 0 spiro atoms. The summed E-state index contributed by atoms with van der Waals surface area (Å²) < 4.78 is 5.02. The van der Waals surface area contributed by atoms with E-state index < -0.39 is 0 Å². The van der Waals surface area contributed by atoms with E-state index in [-0.39, 0.29) is 11.8 Å². The molecule has 2 aromatic heterocycles. The molecular formula is C16H15N3O2S. The van der Waals surface area contributed by atoms with Crippen LogP contribution >= 0.6 is 11.3 Å². The average Bonchev–Trinajstić information content (AvgIpc) is 3.11. The van der Waals surface area contributed by atoms with Gasteiger partial charge in [0.25, 0.3) is 5.91 Å². The molecule has 2 heterocycles. The van der Waals surface area contributed by atoms with Gasteiger partial charge in [0.05, 0.1) is 4.88 Å². The number of nitrogens with one attached hydrogen (secondary N) is 1. The highest BCUT2D eigenvalue weighted by Crippen LogP contribution is 2.33. The fourth-order valence-corrected chi connectivity index (χ4v) is 3.07. The van der Waals surface area contributed by atoms with Crippen LogP contribution in [0.25, 0.3) is 10.6 Å². The highest BCUT2D eigenvalue weighted by Gasteiger charge is 2.23.